The molecule has 15 heavy (non-hydrogen) atoms. The summed E-state index contributed by atoms with van der Waals surface area (Å²) < 4.78 is 5.15. The smallest absolute Gasteiger partial charge is 0.223 e. The third kappa shape index (κ3) is 3.49. The van der Waals surface area contributed by atoms with Crippen molar-refractivity contribution in [3.05, 3.63) is 0 Å². The highest BCUT2D eigenvalue weighted by molar-refractivity contribution is 5.88. The van der Waals surface area contributed by atoms with Gasteiger partial charge in [0.15, 0.2) is 0 Å². The van der Waals surface area contributed by atoms with Crippen LogP contribution in [-0.4, -0.2) is 49.6 Å². The highest BCUT2D eigenvalue weighted by Crippen LogP contribution is 2.16. The summed E-state index contributed by atoms with van der Waals surface area (Å²) in [5, 5.41) is 0. The van der Waals surface area contributed by atoms with Crippen molar-refractivity contribution in [1.29, 1.82) is 0 Å². The molecule has 0 aromatic carbocycles. The number of amides is 2. The van der Waals surface area contributed by atoms with E-state index in [1.54, 1.807) is 4.90 Å². The van der Waals surface area contributed by atoms with Gasteiger partial charge in [-0.2, -0.15) is 0 Å². The first-order chi connectivity index (χ1) is 7.15. The summed E-state index contributed by atoms with van der Waals surface area (Å²) in [6.45, 7) is 2.33. The number of primary amides is 1. The maximum Gasteiger partial charge on any atom is 0.223 e. The van der Waals surface area contributed by atoms with E-state index in [4.69, 9.17) is 16.2 Å². The number of nitrogens with zero attached hydrogens (tertiary/aromatic N) is 1. The minimum absolute atomic E-state index is 0.0323. The topological polar surface area (TPSA) is 98.7 Å². The van der Waals surface area contributed by atoms with Gasteiger partial charge in [0.2, 0.25) is 11.8 Å². The molecule has 0 aliphatic carbocycles. The van der Waals surface area contributed by atoms with E-state index in [2.05, 4.69) is 0 Å². The van der Waals surface area contributed by atoms with E-state index in [0.29, 0.717) is 32.8 Å². The normalized spacial score (nSPS) is 21.0. The molecule has 0 aromatic rings. The molecule has 0 bridgehead atoms. The van der Waals surface area contributed by atoms with Crippen LogP contribution in [0.1, 0.15) is 6.42 Å². The van der Waals surface area contributed by atoms with Gasteiger partial charge in [0, 0.05) is 26.1 Å². The molecule has 1 rings (SSSR count). The van der Waals surface area contributed by atoms with Gasteiger partial charge in [-0.15, -0.1) is 0 Å². The molecule has 6 heteroatoms. The Bertz CT molecular complexity index is 245. The number of carbonyl (C=O) groups is 2. The molecular weight excluding hydrogens is 198 g/mol. The monoisotopic (exact) mass is 215 g/mol. The summed E-state index contributed by atoms with van der Waals surface area (Å²) in [6.07, 6.45) is 0.228. The molecule has 1 heterocycles. The molecule has 1 atom stereocenters. The van der Waals surface area contributed by atoms with E-state index in [0.717, 1.165) is 0 Å². The number of carbonyl (C=O) groups excluding carboxylic acids is 2. The van der Waals surface area contributed by atoms with E-state index in [1.165, 1.54) is 0 Å². The largest absolute Gasteiger partial charge is 0.378 e. The Balaban J connectivity index is 2.25. The quantitative estimate of drug-likeness (QED) is 0.516. The van der Waals surface area contributed by atoms with E-state index in [-0.39, 0.29) is 18.2 Å². The Morgan fingerprint density at radius 1 is 1.53 bits per heavy atom. The second-order valence-corrected chi connectivity index (χ2v) is 3.54. The van der Waals surface area contributed by atoms with Crippen LogP contribution in [0.25, 0.3) is 0 Å². The summed E-state index contributed by atoms with van der Waals surface area (Å²) in [5.74, 6) is -0.782. The molecule has 0 spiro atoms. The van der Waals surface area contributed by atoms with Crippen molar-refractivity contribution in [2.45, 2.75) is 6.42 Å². The molecule has 0 radical (unpaired) electrons. The summed E-state index contributed by atoms with van der Waals surface area (Å²) in [5.41, 5.74) is 10.4. The molecule has 1 aliphatic rings. The van der Waals surface area contributed by atoms with Crippen LogP contribution in [0.15, 0.2) is 0 Å². The van der Waals surface area contributed by atoms with Gasteiger partial charge in [-0.1, -0.05) is 0 Å². The predicted octanol–water partition coefficient (Wildman–Crippen LogP) is -1.70. The Hall–Kier alpha value is -1.14. The summed E-state index contributed by atoms with van der Waals surface area (Å²) in [4.78, 5) is 23.9. The van der Waals surface area contributed by atoms with Crippen LogP contribution >= 0.6 is 0 Å². The fraction of sp³-hybridized carbons (Fsp3) is 0.778. The first kappa shape index (κ1) is 11.9. The van der Waals surface area contributed by atoms with Crippen molar-refractivity contribution in [2.75, 3.05) is 32.8 Å². The van der Waals surface area contributed by atoms with Crippen molar-refractivity contribution in [1.82, 2.24) is 4.90 Å². The van der Waals surface area contributed by atoms with E-state index in [9.17, 15) is 9.59 Å². The molecule has 6 nitrogen and oxygen atoms in total. The highest BCUT2D eigenvalue weighted by atomic mass is 16.5. The highest BCUT2D eigenvalue weighted by Gasteiger charge is 2.32. The summed E-state index contributed by atoms with van der Waals surface area (Å²) in [6, 6.07) is 0. The lowest BCUT2D eigenvalue weighted by atomic mass is 10.1. The minimum atomic E-state index is -0.409. The lowest BCUT2D eigenvalue weighted by molar-refractivity contribution is -0.129. The van der Waals surface area contributed by atoms with Crippen LogP contribution in [0.4, 0.5) is 0 Å². The zero-order valence-electron chi connectivity index (χ0n) is 8.65. The van der Waals surface area contributed by atoms with Crippen LogP contribution in [0, 0.1) is 5.92 Å². The van der Waals surface area contributed by atoms with Gasteiger partial charge in [-0.3, -0.25) is 9.59 Å². The van der Waals surface area contributed by atoms with Crippen molar-refractivity contribution in [2.24, 2.45) is 17.4 Å². The Kier molecular flexibility index (Phi) is 4.51. The predicted molar refractivity (Wildman–Crippen MR) is 53.8 cm³/mol. The molecule has 86 valence electrons. The van der Waals surface area contributed by atoms with Gasteiger partial charge in [0.05, 0.1) is 19.1 Å². The van der Waals surface area contributed by atoms with Crippen molar-refractivity contribution in [3.63, 3.8) is 0 Å². The van der Waals surface area contributed by atoms with Gasteiger partial charge in [-0.05, 0) is 0 Å². The fourth-order valence-electron chi connectivity index (χ4n) is 1.54. The maximum atomic E-state index is 11.4. The van der Waals surface area contributed by atoms with Gasteiger partial charge >= 0.3 is 0 Å². The van der Waals surface area contributed by atoms with Crippen LogP contribution in [0.2, 0.25) is 0 Å². The second kappa shape index (κ2) is 5.67. The summed E-state index contributed by atoms with van der Waals surface area (Å²) in [7, 11) is 0. The average Bonchev–Trinajstić information content (AvgIpc) is 2.55. The Morgan fingerprint density at radius 3 is 2.80 bits per heavy atom. The van der Waals surface area contributed by atoms with E-state index < -0.39 is 5.91 Å². The molecular formula is C9H17N3O3. The number of rotatable bonds is 6. The number of hydrogen-bond donors (Lipinski definition) is 2. The molecule has 4 N–H and O–H groups in total. The first-order valence-electron chi connectivity index (χ1n) is 5.00. The zero-order chi connectivity index (χ0) is 11.3. The van der Waals surface area contributed by atoms with Crippen LogP contribution < -0.4 is 11.5 Å². The van der Waals surface area contributed by atoms with Crippen molar-refractivity contribution < 1.29 is 14.3 Å². The standard InChI is InChI=1S/C9H17N3O3/c10-1-3-15-4-2-12-6-7(9(11)14)5-8(12)13/h7H,1-6,10H2,(H2,11,14). The van der Waals surface area contributed by atoms with Gasteiger partial charge in [-0.25, -0.2) is 0 Å². The van der Waals surface area contributed by atoms with Gasteiger partial charge in [0.25, 0.3) is 0 Å². The molecule has 1 aliphatic heterocycles. The van der Waals surface area contributed by atoms with Crippen molar-refractivity contribution >= 4 is 11.8 Å². The van der Waals surface area contributed by atoms with E-state index in [1.807, 2.05) is 0 Å². The van der Waals surface area contributed by atoms with Gasteiger partial charge < -0.3 is 21.1 Å². The summed E-state index contributed by atoms with van der Waals surface area (Å²) >= 11 is 0. The minimum Gasteiger partial charge on any atom is -0.378 e. The third-order valence-corrected chi connectivity index (χ3v) is 2.38. The number of hydrogen-bond acceptors (Lipinski definition) is 4. The Morgan fingerprint density at radius 2 is 2.27 bits per heavy atom. The number of likely N-dealkylation sites (tertiary alicyclic amines) is 1. The average molecular weight is 215 g/mol. The van der Waals surface area contributed by atoms with Crippen LogP contribution in [-0.2, 0) is 14.3 Å². The molecule has 0 saturated carbocycles. The number of nitrogens with two attached hydrogens (primary N) is 2. The lowest BCUT2D eigenvalue weighted by Gasteiger charge is -2.15. The third-order valence-electron chi connectivity index (χ3n) is 2.38. The van der Waals surface area contributed by atoms with E-state index >= 15 is 0 Å². The second-order valence-electron chi connectivity index (χ2n) is 3.54. The van der Waals surface area contributed by atoms with Crippen LogP contribution in [0.3, 0.4) is 0 Å². The first-order valence-corrected chi connectivity index (χ1v) is 5.00. The molecule has 1 unspecified atom stereocenters. The SMILES string of the molecule is NCCOCCN1CC(C(N)=O)CC1=O. The maximum absolute atomic E-state index is 11.4. The van der Waals surface area contributed by atoms with Gasteiger partial charge in [0.1, 0.15) is 0 Å². The molecule has 2 amide bonds. The number of ether oxygens (including phenoxy) is 1. The molecule has 0 aromatic heterocycles. The van der Waals surface area contributed by atoms with Crippen molar-refractivity contribution in [3.8, 4) is 0 Å². The van der Waals surface area contributed by atoms with Crippen LogP contribution in [0.5, 0.6) is 0 Å². The molecule has 1 fully saturated rings. The zero-order valence-corrected chi connectivity index (χ0v) is 8.65. The Labute approximate surface area is 88.5 Å². The fourth-order valence-corrected chi connectivity index (χ4v) is 1.54. The lowest BCUT2D eigenvalue weighted by Crippen LogP contribution is -2.31. The molecule has 1 saturated heterocycles.